The van der Waals surface area contributed by atoms with Gasteiger partial charge in [-0.3, -0.25) is 0 Å². The molecule has 5 heteroatoms. The first-order valence-corrected chi connectivity index (χ1v) is 18.3. The molecular weight excluding hydrogens is 649 g/mol. The van der Waals surface area contributed by atoms with Crippen molar-refractivity contribution in [1.82, 2.24) is 19.5 Å². The van der Waals surface area contributed by atoms with Gasteiger partial charge in [-0.1, -0.05) is 111 Å². The van der Waals surface area contributed by atoms with Crippen LogP contribution in [0.15, 0.2) is 150 Å². The molecule has 0 bridgehead atoms. The molecule has 0 unspecified atom stereocenters. The number of benzene rings is 6. The number of fused-ring (bicyclic) bond motifs is 9. The van der Waals surface area contributed by atoms with Gasteiger partial charge in [0.1, 0.15) is 11.2 Å². The Morgan fingerprint density at radius 1 is 0.547 bits per heavy atom. The molecule has 11 rings (SSSR count). The number of hydrogen-bond donors (Lipinski definition) is 0. The molecule has 3 aromatic heterocycles. The molecule has 2 aliphatic carbocycles. The third-order valence-electron chi connectivity index (χ3n) is 11.3. The Labute approximate surface area is 306 Å². The Morgan fingerprint density at radius 3 is 2.13 bits per heavy atom. The maximum absolute atomic E-state index is 6.68. The molecule has 6 aromatic carbocycles. The molecule has 0 aliphatic heterocycles. The molecule has 2 aliphatic rings. The molecular formula is C48H34N4O. The van der Waals surface area contributed by atoms with Gasteiger partial charge in [-0.2, -0.15) is 0 Å². The fourth-order valence-electron chi connectivity index (χ4n) is 8.61. The highest BCUT2D eigenvalue weighted by atomic mass is 16.3. The van der Waals surface area contributed by atoms with Crippen LogP contribution < -0.4 is 0 Å². The normalized spacial score (nSPS) is 14.6. The monoisotopic (exact) mass is 682 g/mol. The van der Waals surface area contributed by atoms with Crippen LogP contribution >= 0.6 is 0 Å². The maximum Gasteiger partial charge on any atom is 0.164 e. The van der Waals surface area contributed by atoms with Gasteiger partial charge in [0.05, 0.1) is 11.0 Å². The Kier molecular flexibility index (Phi) is 6.36. The number of allylic oxidation sites excluding steroid dienone is 4. The summed E-state index contributed by atoms with van der Waals surface area (Å²) in [6.07, 6.45) is 8.51. The zero-order valence-corrected chi connectivity index (χ0v) is 29.5. The van der Waals surface area contributed by atoms with E-state index in [1.165, 1.54) is 44.1 Å². The van der Waals surface area contributed by atoms with Crippen LogP contribution in [0.3, 0.4) is 0 Å². The number of hydrogen-bond acceptors (Lipinski definition) is 4. The Balaban J connectivity index is 1.06. The molecule has 0 spiro atoms. The van der Waals surface area contributed by atoms with E-state index in [0.29, 0.717) is 17.5 Å². The van der Waals surface area contributed by atoms with Crippen molar-refractivity contribution in [2.24, 2.45) is 0 Å². The fourth-order valence-corrected chi connectivity index (χ4v) is 8.61. The second-order valence-electron chi connectivity index (χ2n) is 14.7. The van der Waals surface area contributed by atoms with Crippen LogP contribution in [0.1, 0.15) is 43.6 Å². The summed E-state index contributed by atoms with van der Waals surface area (Å²) in [6.45, 7) is 4.69. The molecule has 0 amide bonds. The van der Waals surface area contributed by atoms with Gasteiger partial charge in [0.25, 0.3) is 0 Å². The molecule has 0 saturated carbocycles. The zero-order chi connectivity index (χ0) is 35.3. The van der Waals surface area contributed by atoms with Crippen LogP contribution in [0.25, 0.3) is 88.9 Å². The summed E-state index contributed by atoms with van der Waals surface area (Å²) < 4.78 is 9.08. The average molecular weight is 683 g/mol. The minimum absolute atomic E-state index is 0.0903. The van der Waals surface area contributed by atoms with E-state index in [4.69, 9.17) is 19.4 Å². The summed E-state index contributed by atoms with van der Waals surface area (Å²) in [6, 6.07) is 45.4. The van der Waals surface area contributed by atoms with Gasteiger partial charge in [0, 0.05) is 55.4 Å². The molecule has 5 nitrogen and oxygen atoms in total. The smallest absolute Gasteiger partial charge is 0.164 e. The first-order chi connectivity index (χ1) is 26.0. The van der Waals surface area contributed by atoms with Crippen LogP contribution in [0.2, 0.25) is 0 Å². The number of nitrogens with zero attached hydrogens (tertiary/aromatic N) is 4. The van der Waals surface area contributed by atoms with Crippen LogP contribution in [0.5, 0.6) is 0 Å². The molecule has 252 valence electrons. The summed E-state index contributed by atoms with van der Waals surface area (Å²) in [7, 11) is 0. The number of rotatable bonds is 4. The highest BCUT2D eigenvalue weighted by molar-refractivity contribution is 6.12. The molecule has 0 N–H and O–H groups in total. The van der Waals surface area contributed by atoms with Gasteiger partial charge in [0.15, 0.2) is 17.5 Å². The van der Waals surface area contributed by atoms with E-state index < -0.39 is 0 Å². The SMILES string of the molecule is CC1(C)c2ccccc2-c2cc3c4ccccc4n(-c4ccc5c(c4)oc4cc(-c6nc(C7=CCCC=C7)nc(-c7ccccc7)n6)ccc45)c3cc21. The average Bonchev–Trinajstić information content (AvgIpc) is 3.82. The van der Waals surface area contributed by atoms with Crippen LogP contribution in [0, 0.1) is 0 Å². The highest BCUT2D eigenvalue weighted by Crippen LogP contribution is 2.51. The van der Waals surface area contributed by atoms with Gasteiger partial charge in [-0.05, 0) is 77.6 Å². The topological polar surface area (TPSA) is 56.7 Å². The minimum atomic E-state index is -0.0903. The molecule has 0 radical (unpaired) electrons. The van der Waals surface area contributed by atoms with E-state index in [9.17, 15) is 0 Å². The van der Waals surface area contributed by atoms with E-state index in [-0.39, 0.29) is 5.41 Å². The largest absolute Gasteiger partial charge is 0.456 e. The quantitative estimate of drug-likeness (QED) is 0.185. The summed E-state index contributed by atoms with van der Waals surface area (Å²) in [4.78, 5) is 14.8. The van der Waals surface area contributed by atoms with Crippen molar-refractivity contribution in [3.63, 3.8) is 0 Å². The third kappa shape index (κ3) is 4.53. The van der Waals surface area contributed by atoms with Crippen molar-refractivity contribution in [1.29, 1.82) is 0 Å². The van der Waals surface area contributed by atoms with E-state index in [2.05, 4.69) is 134 Å². The van der Waals surface area contributed by atoms with E-state index in [1.807, 2.05) is 30.3 Å². The molecule has 0 atom stereocenters. The van der Waals surface area contributed by atoms with Gasteiger partial charge in [0.2, 0.25) is 0 Å². The fraction of sp³-hybridized carbons (Fsp3) is 0.104. The number of para-hydroxylation sites is 1. The van der Waals surface area contributed by atoms with Crippen molar-refractivity contribution < 1.29 is 4.42 Å². The molecule has 0 fully saturated rings. The highest BCUT2D eigenvalue weighted by Gasteiger charge is 2.36. The Bertz CT molecular complexity index is 3030. The lowest BCUT2D eigenvalue weighted by molar-refractivity contribution is 0.661. The van der Waals surface area contributed by atoms with E-state index >= 15 is 0 Å². The van der Waals surface area contributed by atoms with Crippen molar-refractivity contribution in [2.45, 2.75) is 32.1 Å². The Morgan fingerprint density at radius 2 is 1.28 bits per heavy atom. The molecule has 9 aromatic rings. The maximum atomic E-state index is 6.68. The van der Waals surface area contributed by atoms with Gasteiger partial charge < -0.3 is 8.98 Å². The lowest BCUT2D eigenvalue weighted by atomic mass is 9.82. The van der Waals surface area contributed by atoms with E-state index in [1.54, 1.807) is 0 Å². The second-order valence-corrected chi connectivity index (χ2v) is 14.7. The van der Waals surface area contributed by atoms with E-state index in [0.717, 1.165) is 57.2 Å². The van der Waals surface area contributed by atoms with Crippen molar-refractivity contribution in [3.8, 4) is 39.6 Å². The third-order valence-corrected chi connectivity index (χ3v) is 11.3. The lowest BCUT2D eigenvalue weighted by Gasteiger charge is -2.21. The zero-order valence-electron chi connectivity index (χ0n) is 29.5. The lowest BCUT2D eigenvalue weighted by Crippen LogP contribution is -2.14. The van der Waals surface area contributed by atoms with Gasteiger partial charge in [-0.25, -0.2) is 15.0 Å². The minimum Gasteiger partial charge on any atom is -0.456 e. The van der Waals surface area contributed by atoms with Crippen molar-refractivity contribution in [2.75, 3.05) is 0 Å². The second kappa shape index (κ2) is 11.2. The van der Waals surface area contributed by atoms with Crippen LogP contribution in [-0.4, -0.2) is 19.5 Å². The van der Waals surface area contributed by atoms with Crippen molar-refractivity contribution >= 4 is 49.3 Å². The van der Waals surface area contributed by atoms with Gasteiger partial charge >= 0.3 is 0 Å². The summed E-state index contributed by atoms with van der Waals surface area (Å²) in [5.74, 6) is 1.96. The molecule has 3 heterocycles. The number of aromatic nitrogens is 4. The summed E-state index contributed by atoms with van der Waals surface area (Å²) in [5, 5.41) is 4.64. The number of furan rings is 1. The standard InChI is InChI=1S/C48H34N4O/c1-48(2)39-19-11-9-17-33(39)37-27-38-34-18-10-12-20-41(34)52(42(38)28-40(37)48)32-22-24-36-35-23-21-31(25-43(35)53-44(36)26-32)47-50-45(29-13-5-3-6-14-29)49-46(51-47)30-15-7-4-8-16-30/h3,5-7,9-28H,4,8H2,1-2H3. The first kappa shape index (κ1) is 30.1. The molecule has 53 heavy (non-hydrogen) atoms. The predicted octanol–water partition coefficient (Wildman–Crippen LogP) is 12.2. The van der Waals surface area contributed by atoms with Crippen LogP contribution in [0.4, 0.5) is 0 Å². The van der Waals surface area contributed by atoms with Crippen molar-refractivity contribution in [3.05, 3.63) is 163 Å². The van der Waals surface area contributed by atoms with Gasteiger partial charge in [-0.15, -0.1) is 0 Å². The summed E-state index contributed by atoms with van der Waals surface area (Å²) in [5.41, 5.74) is 13.3. The predicted molar refractivity (Wildman–Crippen MR) is 216 cm³/mol. The summed E-state index contributed by atoms with van der Waals surface area (Å²) >= 11 is 0. The first-order valence-electron chi connectivity index (χ1n) is 18.3. The van der Waals surface area contributed by atoms with Crippen LogP contribution in [-0.2, 0) is 5.41 Å². The Hall–Kier alpha value is -6.59. The molecule has 0 saturated heterocycles.